The van der Waals surface area contributed by atoms with Gasteiger partial charge in [-0.05, 0) is 86.6 Å². The van der Waals surface area contributed by atoms with Crippen molar-refractivity contribution in [3.63, 3.8) is 0 Å². The number of likely N-dealkylation sites (tertiary alicyclic amines) is 1. The molecule has 0 aromatic heterocycles. The van der Waals surface area contributed by atoms with Crippen molar-refractivity contribution in [2.75, 3.05) is 17.2 Å². The Morgan fingerprint density at radius 1 is 0.857 bits per heavy atom. The largest absolute Gasteiger partial charge is 0.416 e. The van der Waals surface area contributed by atoms with E-state index in [1.54, 1.807) is 13.0 Å². The highest BCUT2D eigenvalue weighted by Crippen LogP contribution is 2.40. The van der Waals surface area contributed by atoms with Crippen molar-refractivity contribution in [3.8, 4) is 0 Å². The maximum atomic E-state index is 14.9. The van der Waals surface area contributed by atoms with Crippen molar-refractivity contribution in [1.82, 2.24) is 4.90 Å². The summed E-state index contributed by atoms with van der Waals surface area (Å²) >= 11 is 0. The van der Waals surface area contributed by atoms with Crippen LogP contribution in [-0.2, 0) is 11.0 Å². The second-order valence-corrected chi connectivity index (χ2v) is 11.4. The molecule has 0 radical (unpaired) electrons. The molecule has 2 aliphatic rings. The summed E-state index contributed by atoms with van der Waals surface area (Å²) in [7, 11) is 0. The first kappa shape index (κ1) is 29.6. The van der Waals surface area contributed by atoms with Gasteiger partial charge in [0.25, 0.3) is 5.91 Å². The van der Waals surface area contributed by atoms with E-state index in [1.807, 2.05) is 24.3 Å². The van der Waals surface area contributed by atoms with Gasteiger partial charge in [0.15, 0.2) is 0 Å². The average Bonchev–Trinajstić information content (AvgIpc) is 3.46. The van der Waals surface area contributed by atoms with Gasteiger partial charge < -0.3 is 15.5 Å². The summed E-state index contributed by atoms with van der Waals surface area (Å²) in [5.74, 6) is -2.41. The second kappa shape index (κ2) is 12.2. The highest BCUT2D eigenvalue weighted by molar-refractivity contribution is 5.98. The van der Waals surface area contributed by atoms with Gasteiger partial charge in [-0.15, -0.1) is 0 Å². The lowest BCUT2D eigenvalue weighted by Gasteiger charge is -2.41. The molecule has 222 valence electrons. The number of piperidine rings is 1. The molecule has 1 saturated heterocycles. The zero-order valence-electron chi connectivity index (χ0n) is 23.7. The first-order valence-corrected chi connectivity index (χ1v) is 14.4. The van der Waals surface area contributed by atoms with Crippen molar-refractivity contribution in [2.45, 2.75) is 70.6 Å². The fourth-order valence-corrected chi connectivity index (χ4v) is 6.28. The molecular formula is C33H35F4N3O2. The number of hydrogen-bond donors (Lipinski definition) is 2. The average molecular weight is 582 g/mol. The SMILES string of the molecule is Cc1ccc(NC(=O)[C@H]2CCCN(C(=O)c3c(C)cccc3F)C2c2ccc(NC3CCCC3)cc2)cc1C(F)(F)F. The third-order valence-corrected chi connectivity index (χ3v) is 8.45. The molecule has 5 rings (SSSR count). The lowest BCUT2D eigenvalue weighted by molar-refractivity contribution is -0.138. The highest BCUT2D eigenvalue weighted by atomic mass is 19.4. The third kappa shape index (κ3) is 6.30. The van der Waals surface area contributed by atoms with Crippen LogP contribution in [0.1, 0.15) is 77.2 Å². The monoisotopic (exact) mass is 581 g/mol. The van der Waals surface area contributed by atoms with Crippen LogP contribution >= 0.6 is 0 Å². The first-order valence-electron chi connectivity index (χ1n) is 14.4. The smallest absolute Gasteiger partial charge is 0.382 e. The van der Waals surface area contributed by atoms with Gasteiger partial charge in [0.1, 0.15) is 5.82 Å². The van der Waals surface area contributed by atoms with Crippen LogP contribution in [0.4, 0.5) is 28.9 Å². The molecular weight excluding hydrogens is 546 g/mol. The Morgan fingerprint density at radius 3 is 2.21 bits per heavy atom. The Balaban J connectivity index is 1.48. The van der Waals surface area contributed by atoms with E-state index < -0.39 is 41.3 Å². The molecule has 3 aromatic carbocycles. The van der Waals surface area contributed by atoms with Crippen LogP contribution in [0.2, 0.25) is 0 Å². The number of benzene rings is 3. The molecule has 0 spiro atoms. The van der Waals surface area contributed by atoms with E-state index in [9.17, 15) is 27.2 Å². The van der Waals surface area contributed by atoms with E-state index in [1.165, 1.54) is 48.9 Å². The summed E-state index contributed by atoms with van der Waals surface area (Å²) in [6.45, 7) is 3.34. The lowest BCUT2D eigenvalue weighted by atomic mass is 9.83. The van der Waals surface area contributed by atoms with E-state index in [0.717, 1.165) is 24.6 Å². The van der Waals surface area contributed by atoms with Crippen molar-refractivity contribution >= 4 is 23.2 Å². The van der Waals surface area contributed by atoms with Gasteiger partial charge in [-0.25, -0.2) is 4.39 Å². The van der Waals surface area contributed by atoms with Crippen LogP contribution in [0.3, 0.4) is 0 Å². The number of alkyl halides is 3. The number of carbonyl (C=O) groups excluding carboxylic acids is 2. The minimum atomic E-state index is -4.56. The maximum Gasteiger partial charge on any atom is 0.416 e. The number of hydrogen-bond acceptors (Lipinski definition) is 3. The van der Waals surface area contributed by atoms with Gasteiger partial charge >= 0.3 is 6.18 Å². The summed E-state index contributed by atoms with van der Waals surface area (Å²) in [5, 5.41) is 6.20. The number of carbonyl (C=O) groups is 2. The highest BCUT2D eigenvalue weighted by Gasteiger charge is 2.41. The third-order valence-electron chi connectivity index (χ3n) is 8.45. The fourth-order valence-electron chi connectivity index (χ4n) is 6.28. The number of amides is 2. The number of halogens is 4. The van der Waals surface area contributed by atoms with Crippen molar-refractivity contribution < 1.29 is 27.2 Å². The van der Waals surface area contributed by atoms with Crippen LogP contribution in [0.25, 0.3) is 0 Å². The standard InChI is InChI=1S/C33H35F4N3O2/c1-20-12-15-25(19-27(20)33(35,36)37)39-31(41)26-10-6-18-40(32(42)29-21(2)7-5-11-28(29)34)30(26)22-13-16-24(17-14-22)38-23-8-3-4-9-23/h5,7,11-17,19,23,26,30,38H,3-4,6,8-10,18H2,1-2H3,(H,39,41)/t26-,30?/m0/s1. The topological polar surface area (TPSA) is 61.4 Å². The van der Waals surface area contributed by atoms with Crippen LogP contribution < -0.4 is 10.6 Å². The Bertz CT molecular complexity index is 1430. The molecule has 5 nitrogen and oxygen atoms in total. The predicted molar refractivity (Wildman–Crippen MR) is 155 cm³/mol. The van der Waals surface area contributed by atoms with Gasteiger partial charge in [0.05, 0.1) is 23.1 Å². The molecule has 42 heavy (non-hydrogen) atoms. The van der Waals surface area contributed by atoms with E-state index in [2.05, 4.69) is 10.6 Å². The van der Waals surface area contributed by atoms with E-state index in [0.29, 0.717) is 36.6 Å². The van der Waals surface area contributed by atoms with E-state index in [-0.39, 0.29) is 16.8 Å². The van der Waals surface area contributed by atoms with Crippen LogP contribution in [0.5, 0.6) is 0 Å². The number of anilines is 2. The fraction of sp³-hybridized carbons (Fsp3) is 0.394. The summed E-state index contributed by atoms with van der Waals surface area (Å²) in [6, 6.07) is 15.4. The molecule has 1 saturated carbocycles. The zero-order chi connectivity index (χ0) is 30.0. The van der Waals surface area contributed by atoms with Gasteiger partial charge in [-0.1, -0.05) is 43.2 Å². The van der Waals surface area contributed by atoms with Gasteiger partial charge in [-0.3, -0.25) is 9.59 Å². The summed E-state index contributed by atoms with van der Waals surface area (Å²) < 4.78 is 55.5. The van der Waals surface area contributed by atoms with Gasteiger partial charge in [-0.2, -0.15) is 13.2 Å². The quantitative estimate of drug-likeness (QED) is 0.290. The molecule has 9 heteroatoms. The summed E-state index contributed by atoms with van der Waals surface area (Å²) in [5.41, 5.74) is 1.34. The maximum absolute atomic E-state index is 14.9. The predicted octanol–water partition coefficient (Wildman–Crippen LogP) is 8.05. The lowest BCUT2D eigenvalue weighted by Crippen LogP contribution is -2.46. The zero-order valence-corrected chi connectivity index (χ0v) is 23.7. The normalized spacial score (nSPS) is 19.5. The Morgan fingerprint density at radius 2 is 1.55 bits per heavy atom. The molecule has 2 amide bonds. The van der Waals surface area contributed by atoms with Crippen molar-refractivity contribution in [1.29, 1.82) is 0 Å². The molecule has 2 N–H and O–H groups in total. The molecule has 2 atom stereocenters. The Labute approximate surface area is 243 Å². The van der Waals surface area contributed by atoms with Crippen LogP contribution in [-0.4, -0.2) is 29.3 Å². The van der Waals surface area contributed by atoms with Crippen LogP contribution in [0.15, 0.2) is 60.7 Å². The first-order chi connectivity index (χ1) is 20.0. The molecule has 3 aromatic rings. The van der Waals surface area contributed by atoms with Gasteiger partial charge in [0.2, 0.25) is 5.91 Å². The molecule has 1 heterocycles. The number of rotatable bonds is 6. The Kier molecular flexibility index (Phi) is 8.57. The summed E-state index contributed by atoms with van der Waals surface area (Å²) in [6.07, 6.45) is 0.915. The minimum absolute atomic E-state index is 0.0289. The molecule has 1 aliphatic carbocycles. The summed E-state index contributed by atoms with van der Waals surface area (Å²) in [4.78, 5) is 29.1. The molecule has 2 fully saturated rings. The minimum Gasteiger partial charge on any atom is -0.382 e. The molecule has 0 bridgehead atoms. The van der Waals surface area contributed by atoms with Crippen LogP contribution in [0, 0.1) is 25.6 Å². The van der Waals surface area contributed by atoms with E-state index >= 15 is 0 Å². The number of aryl methyl sites for hydroxylation is 2. The Hall–Kier alpha value is -3.88. The van der Waals surface area contributed by atoms with Crippen molar-refractivity contribution in [2.24, 2.45) is 5.92 Å². The van der Waals surface area contributed by atoms with Crippen molar-refractivity contribution in [3.05, 3.63) is 94.3 Å². The number of nitrogens with zero attached hydrogens (tertiary/aromatic N) is 1. The second-order valence-electron chi connectivity index (χ2n) is 11.4. The number of nitrogens with one attached hydrogen (secondary N) is 2. The molecule has 1 unspecified atom stereocenters. The van der Waals surface area contributed by atoms with E-state index in [4.69, 9.17) is 0 Å². The van der Waals surface area contributed by atoms with Gasteiger partial charge in [0, 0.05) is 24.0 Å². The molecule has 1 aliphatic heterocycles.